The molecule has 0 aliphatic carbocycles. The first-order valence-corrected chi connectivity index (χ1v) is 5.66. The third-order valence-corrected chi connectivity index (χ3v) is 2.93. The van der Waals surface area contributed by atoms with Crippen molar-refractivity contribution in [1.82, 2.24) is 9.78 Å². The number of halogens is 1. The van der Waals surface area contributed by atoms with Crippen molar-refractivity contribution in [3.63, 3.8) is 0 Å². The van der Waals surface area contributed by atoms with Crippen LogP contribution in [0.2, 0.25) is 5.02 Å². The van der Waals surface area contributed by atoms with Crippen molar-refractivity contribution in [2.75, 3.05) is 20.0 Å². The van der Waals surface area contributed by atoms with Crippen LogP contribution in [0.3, 0.4) is 0 Å². The molecule has 0 amide bonds. The Morgan fingerprint density at radius 3 is 2.44 bits per heavy atom. The molecule has 0 aliphatic rings. The maximum absolute atomic E-state index is 6.14. The molecule has 0 spiro atoms. The van der Waals surface area contributed by atoms with Gasteiger partial charge < -0.3 is 15.2 Å². The van der Waals surface area contributed by atoms with Crippen molar-refractivity contribution in [2.24, 2.45) is 7.05 Å². The minimum atomic E-state index is 0.469. The van der Waals surface area contributed by atoms with Crippen LogP contribution in [-0.2, 0) is 7.05 Å². The maximum Gasteiger partial charge on any atom is 0.147 e. The summed E-state index contributed by atoms with van der Waals surface area (Å²) in [6, 6.07) is 5.26. The van der Waals surface area contributed by atoms with E-state index in [1.807, 2.05) is 6.07 Å². The van der Waals surface area contributed by atoms with Gasteiger partial charge in [0.25, 0.3) is 0 Å². The zero-order valence-electron chi connectivity index (χ0n) is 10.4. The first kappa shape index (κ1) is 12.6. The molecule has 1 aromatic heterocycles. The number of aryl methyl sites for hydroxylation is 1. The van der Waals surface area contributed by atoms with E-state index in [1.165, 1.54) is 0 Å². The Morgan fingerprint density at radius 2 is 1.94 bits per heavy atom. The van der Waals surface area contributed by atoms with Crippen LogP contribution < -0.4 is 15.2 Å². The van der Waals surface area contributed by atoms with E-state index in [0.29, 0.717) is 28.0 Å². The van der Waals surface area contributed by atoms with E-state index in [0.717, 1.165) is 5.56 Å². The van der Waals surface area contributed by atoms with E-state index in [4.69, 9.17) is 26.8 Å². The molecule has 0 bridgehead atoms. The number of nitrogens with zero attached hydrogens (tertiary/aromatic N) is 2. The molecule has 0 fully saturated rings. The van der Waals surface area contributed by atoms with Crippen LogP contribution in [0.15, 0.2) is 18.2 Å². The normalized spacial score (nSPS) is 10.4. The summed E-state index contributed by atoms with van der Waals surface area (Å²) in [5, 5.41) is 4.77. The van der Waals surface area contributed by atoms with Gasteiger partial charge in [-0.1, -0.05) is 11.6 Å². The SMILES string of the molecule is COc1cc(Cl)c(OC)c(-c2cc(N)n(C)n2)c1. The minimum absolute atomic E-state index is 0.469. The number of aromatic nitrogens is 2. The van der Waals surface area contributed by atoms with E-state index in [9.17, 15) is 0 Å². The maximum atomic E-state index is 6.14. The number of hydrogen-bond donors (Lipinski definition) is 1. The van der Waals surface area contributed by atoms with Crippen molar-refractivity contribution in [2.45, 2.75) is 0 Å². The molecule has 0 saturated carbocycles. The Balaban J connectivity index is 2.64. The molecule has 0 saturated heterocycles. The van der Waals surface area contributed by atoms with Crippen LogP contribution in [0.25, 0.3) is 11.3 Å². The van der Waals surface area contributed by atoms with E-state index in [2.05, 4.69) is 5.10 Å². The van der Waals surface area contributed by atoms with Gasteiger partial charge in [-0.2, -0.15) is 5.10 Å². The summed E-state index contributed by atoms with van der Waals surface area (Å²) in [7, 11) is 4.91. The molecule has 2 N–H and O–H groups in total. The Labute approximate surface area is 110 Å². The number of anilines is 1. The zero-order chi connectivity index (χ0) is 13.3. The fraction of sp³-hybridized carbons (Fsp3) is 0.250. The Hall–Kier alpha value is -1.88. The van der Waals surface area contributed by atoms with Crippen LogP contribution in [0.1, 0.15) is 0 Å². The standard InChI is InChI=1S/C12H14ClN3O2/c1-16-11(14)6-10(15-16)8-4-7(17-2)5-9(13)12(8)18-3/h4-6H,14H2,1-3H3. The predicted molar refractivity (Wildman–Crippen MR) is 71.2 cm³/mol. The van der Waals surface area contributed by atoms with E-state index >= 15 is 0 Å². The number of nitrogen functional groups attached to an aromatic ring is 1. The van der Waals surface area contributed by atoms with Crippen LogP contribution in [0.4, 0.5) is 5.82 Å². The second-order valence-corrected chi connectivity index (χ2v) is 4.18. The summed E-state index contributed by atoms with van der Waals surface area (Å²) in [5.74, 6) is 1.75. The molecule has 96 valence electrons. The second kappa shape index (κ2) is 4.78. The summed E-state index contributed by atoms with van der Waals surface area (Å²) in [5.41, 5.74) is 7.21. The molecule has 6 heteroatoms. The van der Waals surface area contributed by atoms with Gasteiger partial charge in [-0.05, 0) is 6.07 Å². The summed E-state index contributed by atoms with van der Waals surface area (Å²) in [6.07, 6.45) is 0. The molecule has 2 aromatic rings. The van der Waals surface area contributed by atoms with Crippen molar-refractivity contribution >= 4 is 17.4 Å². The lowest BCUT2D eigenvalue weighted by atomic mass is 10.1. The Bertz CT molecular complexity index is 561. The Morgan fingerprint density at radius 1 is 1.22 bits per heavy atom. The average molecular weight is 268 g/mol. The molecule has 18 heavy (non-hydrogen) atoms. The second-order valence-electron chi connectivity index (χ2n) is 3.77. The fourth-order valence-corrected chi connectivity index (χ4v) is 1.98. The number of benzene rings is 1. The largest absolute Gasteiger partial charge is 0.497 e. The molecular formula is C12H14ClN3O2. The molecule has 0 aliphatic heterocycles. The lowest BCUT2D eigenvalue weighted by Gasteiger charge is -2.10. The van der Waals surface area contributed by atoms with Crippen LogP contribution >= 0.6 is 11.6 Å². The highest BCUT2D eigenvalue weighted by Gasteiger charge is 2.15. The minimum Gasteiger partial charge on any atom is -0.497 e. The monoisotopic (exact) mass is 267 g/mol. The number of hydrogen-bond acceptors (Lipinski definition) is 4. The topological polar surface area (TPSA) is 62.3 Å². The molecular weight excluding hydrogens is 254 g/mol. The highest BCUT2D eigenvalue weighted by atomic mass is 35.5. The van der Waals surface area contributed by atoms with Gasteiger partial charge in [0.1, 0.15) is 17.3 Å². The van der Waals surface area contributed by atoms with Gasteiger partial charge in [0.15, 0.2) is 0 Å². The van der Waals surface area contributed by atoms with Gasteiger partial charge in [-0.25, -0.2) is 0 Å². The third-order valence-electron chi connectivity index (χ3n) is 2.65. The lowest BCUT2D eigenvalue weighted by Crippen LogP contribution is -1.97. The third kappa shape index (κ3) is 2.09. The molecule has 1 aromatic carbocycles. The zero-order valence-corrected chi connectivity index (χ0v) is 11.2. The first-order valence-electron chi connectivity index (χ1n) is 5.28. The van der Waals surface area contributed by atoms with Gasteiger partial charge in [0, 0.05) is 24.7 Å². The Kier molecular flexibility index (Phi) is 3.34. The molecule has 0 radical (unpaired) electrons. The molecule has 0 atom stereocenters. The van der Waals surface area contributed by atoms with Crippen LogP contribution in [0.5, 0.6) is 11.5 Å². The van der Waals surface area contributed by atoms with E-state index in [-0.39, 0.29) is 0 Å². The van der Waals surface area contributed by atoms with Crippen molar-refractivity contribution in [3.05, 3.63) is 23.2 Å². The number of methoxy groups -OCH3 is 2. The van der Waals surface area contributed by atoms with Gasteiger partial charge in [-0.3, -0.25) is 4.68 Å². The van der Waals surface area contributed by atoms with Gasteiger partial charge in [0.05, 0.1) is 24.9 Å². The lowest BCUT2D eigenvalue weighted by molar-refractivity contribution is 0.404. The summed E-state index contributed by atoms with van der Waals surface area (Å²) in [6.45, 7) is 0. The van der Waals surface area contributed by atoms with Gasteiger partial charge in [-0.15, -0.1) is 0 Å². The van der Waals surface area contributed by atoms with Gasteiger partial charge >= 0.3 is 0 Å². The van der Waals surface area contributed by atoms with E-state index < -0.39 is 0 Å². The number of nitrogens with two attached hydrogens (primary N) is 1. The highest BCUT2D eigenvalue weighted by Crippen LogP contribution is 2.39. The van der Waals surface area contributed by atoms with E-state index in [1.54, 1.807) is 38.1 Å². The summed E-state index contributed by atoms with van der Waals surface area (Å²) >= 11 is 6.14. The molecule has 0 unspecified atom stereocenters. The van der Waals surface area contributed by atoms with Crippen LogP contribution in [-0.4, -0.2) is 24.0 Å². The van der Waals surface area contributed by atoms with Crippen LogP contribution in [0, 0.1) is 0 Å². The summed E-state index contributed by atoms with van der Waals surface area (Å²) in [4.78, 5) is 0. The fourth-order valence-electron chi connectivity index (χ4n) is 1.70. The first-order chi connectivity index (χ1) is 8.56. The van der Waals surface area contributed by atoms with Crippen molar-refractivity contribution < 1.29 is 9.47 Å². The molecule has 2 rings (SSSR count). The molecule has 1 heterocycles. The number of rotatable bonds is 3. The smallest absolute Gasteiger partial charge is 0.147 e. The molecule has 5 nitrogen and oxygen atoms in total. The average Bonchev–Trinajstić information content (AvgIpc) is 2.68. The van der Waals surface area contributed by atoms with Gasteiger partial charge in [0.2, 0.25) is 0 Å². The van der Waals surface area contributed by atoms with Crippen molar-refractivity contribution in [1.29, 1.82) is 0 Å². The summed E-state index contributed by atoms with van der Waals surface area (Å²) < 4.78 is 12.1. The quantitative estimate of drug-likeness (QED) is 0.927. The predicted octanol–water partition coefficient (Wildman–Crippen LogP) is 2.34. The van der Waals surface area contributed by atoms with Crippen molar-refractivity contribution in [3.8, 4) is 22.8 Å². The number of ether oxygens (including phenoxy) is 2. The highest BCUT2D eigenvalue weighted by molar-refractivity contribution is 6.32.